The van der Waals surface area contributed by atoms with Crippen LogP contribution in [0.5, 0.6) is 0 Å². The van der Waals surface area contributed by atoms with E-state index in [9.17, 15) is 9.18 Å². The molecule has 0 N–H and O–H groups in total. The van der Waals surface area contributed by atoms with Crippen molar-refractivity contribution in [2.45, 2.75) is 19.3 Å². The van der Waals surface area contributed by atoms with E-state index in [2.05, 4.69) is 0 Å². The normalized spacial score (nSPS) is 20.2. The lowest BCUT2D eigenvalue weighted by molar-refractivity contribution is -0.126. The van der Waals surface area contributed by atoms with Crippen LogP contribution in [0.1, 0.15) is 18.4 Å². The number of halogens is 2. The number of hydrogen-bond donors (Lipinski definition) is 0. The molecular formula is C13H14ClFO2. The Morgan fingerprint density at radius 1 is 1.53 bits per heavy atom. The molecule has 1 aromatic rings. The lowest BCUT2D eigenvalue weighted by Crippen LogP contribution is -2.26. The second kappa shape index (κ2) is 5.61. The fraction of sp³-hybridized carbons (Fsp3) is 0.462. The van der Waals surface area contributed by atoms with Gasteiger partial charge in [-0.1, -0.05) is 17.7 Å². The number of hydrogen-bond acceptors (Lipinski definition) is 2. The molecule has 0 bridgehead atoms. The van der Waals surface area contributed by atoms with E-state index in [1.807, 2.05) is 0 Å². The molecule has 1 atom stereocenters. The van der Waals surface area contributed by atoms with Crippen molar-refractivity contribution in [1.82, 2.24) is 0 Å². The molecule has 0 amide bonds. The van der Waals surface area contributed by atoms with Gasteiger partial charge in [-0.2, -0.15) is 0 Å². The summed E-state index contributed by atoms with van der Waals surface area (Å²) < 4.78 is 18.1. The van der Waals surface area contributed by atoms with Crippen LogP contribution >= 0.6 is 11.6 Å². The SMILES string of the molecule is O=C(Cc1ccc(F)cc1Cl)C1CCCOC1. The topological polar surface area (TPSA) is 26.3 Å². The van der Waals surface area contributed by atoms with Crippen molar-refractivity contribution in [1.29, 1.82) is 0 Å². The van der Waals surface area contributed by atoms with Crippen LogP contribution < -0.4 is 0 Å². The third kappa shape index (κ3) is 3.27. The average molecular weight is 257 g/mol. The smallest absolute Gasteiger partial charge is 0.142 e. The molecule has 0 radical (unpaired) electrons. The van der Waals surface area contributed by atoms with E-state index in [0.717, 1.165) is 19.4 Å². The summed E-state index contributed by atoms with van der Waals surface area (Å²) in [4.78, 5) is 12.0. The van der Waals surface area contributed by atoms with Crippen molar-refractivity contribution < 1.29 is 13.9 Å². The summed E-state index contributed by atoms with van der Waals surface area (Å²) in [7, 11) is 0. The van der Waals surface area contributed by atoms with Gasteiger partial charge >= 0.3 is 0 Å². The molecule has 17 heavy (non-hydrogen) atoms. The molecule has 0 saturated carbocycles. The first-order chi connectivity index (χ1) is 8.16. The maximum Gasteiger partial charge on any atom is 0.142 e. The minimum atomic E-state index is -0.382. The minimum Gasteiger partial charge on any atom is -0.381 e. The standard InChI is InChI=1S/C13H14ClFO2/c14-12-7-11(15)4-3-9(12)6-13(16)10-2-1-5-17-8-10/h3-4,7,10H,1-2,5-6,8H2. The second-order valence-corrected chi connectivity index (χ2v) is 4.70. The van der Waals surface area contributed by atoms with Gasteiger partial charge in [0.1, 0.15) is 11.6 Å². The Balaban J connectivity index is 2.02. The highest BCUT2D eigenvalue weighted by atomic mass is 35.5. The minimum absolute atomic E-state index is 0.0372. The summed E-state index contributed by atoms with van der Waals surface area (Å²) in [6.45, 7) is 1.23. The first-order valence-electron chi connectivity index (χ1n) is 5.71. The van der Waals surface area contributed by atoms with Crippen LogP contribution in [0.3, 0.4) is 0 Å². The first kappa shape index (κ1) is 12.5. The number of Topliss-reactive ketones (excluding diaryl/α,β-unsaturated/α-hetero) is 1. The number of carbonyl (C=O) groups excluding carboxylic acids is 1. The van der Waals surface area contributed by atoms with Gasteiger partial charge in [-0.25, -0.2) is 4.39 Å². The van der Waals surface area contributed by atoms with Crippen LogP contribution in [0.25, 0.3) is 0 Å². The van der Waals surface area contributed by atoms with Crippen LogP contribution in [0.4, 0.5) is 4.39 Å². The molecule has 0 spiro atoms. The lowest BCUT2D eigenvalue weighted by Gasteiger charge is -2.20. The number of rotatable bonds is 3. The van der Waals surface area contributed by atoms with Gasteiger partial charge in [0, 0.05) is 24.0 Å². The van der Waals surface area contributed by atoms with E-state index in [-0.39, 0.29) is 23.9 Å². The monoisotopic (exact) mass is 256 g/mol. The lowest BCUT2D eigenvalue weighted by atomic mass is 9.93. The highest BCUT2D eigenvalue weighted by molar-refractivity contribution is 6.31. The first-order valence-corrected chi connectivity index (χ1v) is 6.09. The van der Waals surface area contributed by atoms with Crippen molar-refractivity contribution in [3.63, 3.8) is 0 Å². The van der Waals surface area contributed by atoms with Gasteiger partial charge in [-0.05, 0) is 30.5 Å². The largest absolute Gasteiger partial charge is 0.381 e. The predicted octanol–water partition coefficient (Wildman–Crippen LogP) is 3.02. The highest BCUT2D eigenvalue weighted by Crippen LogP contribution is 2.21. The molecule has 1 unspecified atom stereocenters. The Morgan fingerprint density at radius 3 is 3.00 bits per heavy atom. The van der Waals surface area contributed by atoms with Crippen LogP contribution in [0.15, 0.2) is 18.2 Å². The number of benzene rings is 1. The molecular weight excluding hydrogens is 243 g/mol. The number of carbonyl (C=O) groups is 1. The Bertz CT molecular complexity index is 414. The summed E-state index contributed by atoms with van der Waals surface area (Å²) in [5.74, 6) is -0.296. The molecule has 1 aliphatic rings. The summed E-state index contributed by atoms with van der Waals surface area (Å²) in [5.41, 5.74) is 0.684. The molecule has 1 aliphatic heterocycles. The van der Waals surface area contributed by atoms with Gasteiger partial charge in [0.05, 0.1) is 6.61 Å². The molecule has 4 heteroatoms. The van der Waals surface area contributed by atoms with Gasteiger partial charge in [-0.15, -0.1) is 0 Å². The van der Waals surface area contributed by atoms with Crippen LogP contribution in [-0.2, 0) is 16.0 Å². The second-order valence-electron chi connectivity index (χ2n) is 4.29. The van der Waals surface area contributed by atoms with E-state index in [4.69, 9.17) is 16.3 Å². The molecule has 92 valence electrons. The fourth-order valence-corrected chi connectivity index (χ4v) is 2.23. The molecule has 2 nitrogen and oxygen atoms in total. The summed E-state index contributed by atoms with van der Waals surface area (Å²) in [6, 6.07) is 4.13. The average Bonchev–Trinajstić information content (AvgIpc) is 2.34. The van der Waals surface area contributed by atoms with Gasteiger partial charge in [0.2, 0.25) is 0 Å². The zero-order valence-corrected chi connectivity index (χ0v) is 10.2. The van der Waals surface area contributed by atoms with E-state index in [1.165, 1.54) is 12.1 Å². The van der Waals surface area contributed by atoms with Crippen LogP contribution in [0.2, 0.25) is 5.02 Å². The van der Waals surface area contributed by atoms with Crippen molar-refractivity contribution in [2.24, 2.45) is 5.92 Å². The van der Waals surface area contributed by atoms with E-state index in [1.54, 1.807) is 6.07 Å². The Kier molecular flexibility index (Phi) is 4.13. The van der Waals surface area contributed by atoms with Gasteiger partial charge in [0.15, 0.2) is 0 Å². The highest BCUT2D eigenvalue weighted by Gasteiger charge is 2.22. The predicted molar refractivity (Wildman–Crippen MR) is 63.7 cm³/mol. The molecule has 2 rings (SSSR count). The van der Waals surface area contributed by atoms with E-state index in [0.29, 0.717) is 17.2 Å². The number of ether oxygens (including phenoxy) is 1. The van der Waals surface area contributed by atoms with Gasteiger partial charge in [-0.3, -0.25) is 4.79 Å². The Morgan fingerprint density at radius 2 is 2.35 bits per heavy atom. The fourth-order valence-electron chi connectivity index (χ4n) is 1.99. The van der Waals surface area contributed by atoms with E-state index < -0.39 is 0 Å². The maximum atomic E-state index is 12.9. The van der Waals surface area contributed by atoms with Crippen molar-refractivity contribution >= 4 is 17.4 Å². The van der Waals surface area contributed by atoms with Crippen LogP contribution in [-0.4, -0.2) is 19.0 Å². The van der Waals surface area contributed by atoms with Gasteiger partial charge < -0.3 is 4.74 Å². The molecule has 0 aliphatic carbocycles. The maximum absolute atomic E-state index is 12.9. The van der Waals surface area contributed by atoms with Gasteiger partial charge in [0.25, 0.3) is 0 Å². The zero-order chi connectivity index (χ0) is 12.3. The van der Waals surface area contributed by atoms with Crippen molar-refractivity contribution in [2.75, 3.05) is 13.2 Å². The van der Waals surface area contributed by atoms with Crippen LogP contribution in [0, 0.1) is 11.7 Å². The molecule has 1 saturated heterocycles. The Labute approximate surface area is 105 Å². The van der Waals surface area contributed by atoms with E-state index >= 15 is 0 Å². The Hall–Kier alpha value is -0.930. The molecule has 1 aromatic carbocycles. The molecule has 1 heterocycles. The third-order valence-electron chi connectivity index (χ3n) is 3.00. The zero-order valence-electron chi connectivity index (χ0n) is 9.42. The number of ketones is 1. The molecule has 0 aromatic heterocycles. The third-order valence-corrected chi connectivity index (χ3v) is 3.35. The summed E-state index contributed by atoms with van der Waals surface area (Å²) in [6.07, 6.45) is 2.05. The summed E-state index contributed by atoms with van der Waals surface area (Å²) >= 11 is 5.89. The quantitative estimate of drug-likeness (QED) is 0.831. The summed E-state index contributed by atoms with van der Waals surface area (Å²) in [5, 5.41) is 0.315. The van der Waals surface area contributed by atoms with Crippen molar-refractivity contribution in [3.05, 3.63) is 34.6 Å². The molecule has 1 fully saturated rings. The van der Waals surface area contributed by atoms with Crippen molar-refractivity contribution in [3.8, 4) is 0 Å².